The molecule has 9 nitrogen and oxygen atoms in total. The first-order valence-corrected chi connectivity index (χ1v) is 9.64. The third kappa shape index (κ3) is 2.87. The molecule has 0 unspecified atom stereocenters. The van der Waals surface area contributed by atoms with Crippen LogP contribution in [0.1, 0.15) is 51.0 Å². The first kappa shape index (κ1) is 17.0. The highest BCUT2D eigenvalue weighted by Gasteiger charge is 2.27. The van der Waals surface area contributed by atoms with Crippen LogP contribution < -0.4 is 4.90 Å². The predicted octanol–water partition coefficient (Wildman–Crippen LogP) is 2.24. The Morgan fingerprint density at radius 3 is 2.46 bits per heavy atom. The zero-order chi connectivity index (χ0) is 19.3. The van der Waals surface area contributed by atoms with E-state index in [2.05, 4.69) is 51.2 Å². The van der Waals surface area contributed by atoms with E-state index < -0.39 is 0 Å². The molecule has 0 radical (unpaired) electrons. The van der Waals surface area contributed by atoms with Crippen LogP contribution in [0.2, 0.25) is 0 Å². The summed E-state index contributed by atoms with van der Waals surface area (Å²) in [4.78, 5) is 2.30. The van der Waals surface area contributed by atoms with Crippen LogP contribution in [0.25, 0.3) is 11.3 Å². The van der Waals surface area contributed by atoms with Crippen molar-refractivity contribution in [2.24, 2.45) is 0 Å². The van der Waals surface area contributed by atoms with Crippen LogP contribution in [0.15, 0.2) is 30.6 Å². The van der Waals surface area contributed by atoms with Gasteiger partial charge in [-0.3, -0.25) is 0 Å². The van der Waals surface area contributed by atoms with E-state index in [9.17, 15) is 0 Å². The average Bonchev–Trinajstić information content (AvgIpc) is 3.33. The molecule has 4 aromatic heterocycles. The number of hydrogen-bond donors (Lipinski definition) is 0. The molecule has 5 rings (SSSR count). The summed E-state index contributed by atoms with van der Waals surface area (Å²) in [5.74, 6) is 2.25. The molecule has 0 amide bonds. The fourth-order valence-corrected chi connectivity index (χ4v) is 3.71. The Labute approximate surface area is 162 Å². The van der Waals surface area contributed by atoms with Gasteiger partial charge in [0.2, 0.25) is 0 Å². The second-order valence-electron chi connectivity index (χ2n) is 8.38. The molecule has 0 aliphatic carbocycles. The van der Waals surface area contributed by atoms with Gasteiger partial charge in [0.1, 0.15) is 12.1 Å². The lowest BCUT2D eigenvalue weighted by Crippen LogP contribution is -2.34. The minimum Gasteiger partial charge on any atom is -0.355 e. The van der Waals surface area contributed by atoms with E-state index in [0.29, 0.717) is 5.92 Å². The molecule has 0 spiro atoms. The van der Waals surface area contributed by atoms with E-state index in [4.69, 9.17) is 5.10 Å². The van der Waals surface area contributed by atoms with Crippen molar-refractivity contribution in [2.75, 3.05) is 18.0 Å². The Morgan fingerprint density at radius 2 is 1.68 bits per heavy atom. The lowest BCUT2D eigenvalue weighted by molar-refractivity contribution is 0.469. The molecule has 1 aliphatic heterocycles. The normalized spacial score (nSPS) is 16.3. The molecule has 9 heteroatoms. The van der Waals surface area contributed by atoms with Gasteiger partial charge in [0.25, 0.3) is 0 Å². The van der Waals surface area contributed by atoms with Crippen molar-refractivity contribution in [1.29, 1.82) is 0 Å². The fourth-order valence-electron chi connectivity index (χ4n) is 3.71. The molecule has 28 heavy (non-hydrogen) atoms. The van der Waals surface area contributed by atoms with Crippen LogP contribution in [0.5, 0.6) is 0 Å². The van der Waals surface area contributed by atoms with Gasteiger partial charge < -0.3 is 4.90 Å². The van der Waals surface area contributed by atoms with Crippen molar-refractivity contribution >= 4 is 17.1 Å². The smallest absolute Gasteiger partial charge is 0.177 e. The summed E-state index contributed by atoms with van der Waals surface area (Å²) < 4.78 is 3.65. The monoisotopic (exact) mass is 377 g/mol. The quantitative estimate of drug-likeness (QED) is 0.529. The molecule has 144 valence electrons. The number of nitrogens with zero attached hydrogens (tertiary/aromatic N) is 9. The Kier molecular flexibility index (Phi) is 3.78. The van der Waals surface area contributed by atoms with Crippen LogP contribution in [0, 0.1) is 0 Å². The summed E-state index contributed by atoms with van der Waals surface area (Å²) in [5.41, 5.74) is 2.61. The summed E-state index contributed by atoms with van der Waals surface area (Å²) in [6.45, 7) is 8.34. The number of piperidine rings is 1. The number of rotatable bonds is 2. The van der Waals surface area contributed by atoms with E-state index in [1.807, 2.05) is 28.8 Å². The van der Waals surface area contributed by atoms with Gasteiger partial charge in [-0.25, -0.2) is 0 Å². The topological polar surface area (TPSA) is 89.4 Å². The van der Waals surface area contributed by atoms with Crippen molar-refractivity contribution in [2.45, 2.75) is 44.9 Å². The highest BCUT2D eigenvalue weighted by atomic mass is 15.4. The van der Waals surface area contributed by atoms with Gasteiger partial charge >= 0.3 is 0 Å². The molecule has 0 bridgehead atoms. The van der Waals surface area contributed by atoms with E-state index in [-0.39, 0.29) is 5.41 Å². The third-order valence-corrected chi connectivity index (χ3v) is 5.39. The second-order valence-corrected chi connectivity index (χ2v) is 8.38. The van der Waals surface area contributed by atoms with E-state index in [1.54, 1.807) is 10.8 Å². The van der Waals surface area contributed by atoms with Gasteiger partial charge in [-0.05, 0) is 37.1 Å². The molecule has 0 saturated carbocycles. The summed E-state index contributed by atoms with van der Waals surface area (Å²) >= 11 is 0. The standard InChI is InChI=1S/C19H23N9/c1-19(2,3)14-4-5-16-22-23-18(28(16)24-14)13-8-10-26(11-9-13)17-7-6-15-21-20-12-27(15)25-17/h4-7,12-13H,8-11H2,1-3H3. The second kappa shape index (κ2) is 6.22. The Balaban J connectivity index is 1.37. The van der Waals surface area contributed by atoms with Gasteiger partial charge in [-0.15, -0.1) is 25.5 Å². The fraction of sp³-hybridized carbons (Fsp3) is 0.474. The molecular weight excluding hydrogens is 354 g/mol. The van der Waals surface area contributed by atoms with Gasteiger partial charge in [-0.1, -0.05) is 20.8 Å². The van der Waals surface area contributed by atoms with Crippen LogP contribution in [0.3, 0.4) is 0 Å². The zero-order valence-corrected chi connectivity index (χ0v) is 16.3. The van der Waals surface area contributed by atoms with E-state index in [0.717, 1.165) is 54.6 Å². The number of aromatic nitrogens is 8. The molecule has 1 aliphatic rings. The largest absolute Gasteiger partial charge is 0.355 e. The predicted molar refractivity (Wildman–Crippen MR) is 104 cm³/mol. The van der Waals surface area contributed by atoms with Crippen molar-refractivity contribution < 1.29 is 0 Å². The summed E-state index contributed by atoms with van der Waals surface area (Å²) in [6, 6.07) is 8.01. The maximum absolute atomic E-state index is 4.84. The van der Waals surface area contributed by atoms with Crippen LogP contribution in [0.4, 0.5) is 5.82 Å². The number of anilines is 1. The summed E-state index contributed by atoms with van der Waals surface area (Å²) in [6.07, 6.45) is 3.61. The molecule has 4 aromatic rings. The molecule has 1 fully saturated rings. The Morgan fingerprint density at radius 1 is 0.893 bits per heavy atom. The Bertz CT molecular complexity index is 1130. The van der Waals surface area contributed by atoms with Gasteiger partial charge in [-0.2, -0.15) is 14.1 Å². The zero-order valence-electron chi connectivity index (χ0n) is 16.3. The highest BCUT2D eigenvalue weighted by Crippen LogP contribution is 2.29. The van der Waals surface area contributed by atoms with Crippen molar-refractivity contribution in [3.8, 4) is 0 Å². The maximum Gasteiger partial charge on any atom is 0.177 e. The minimum atomic E-state index is -0.00835. The third-order valence-electron chi connectivity index (χ3n) is 5.39. The molecule has 0 atom stereocenters. The van der Waals surface area contributed by atoms with Crippen molar-refractivity contribution in [3.63, 3.8) is 0 Å². The highest BCUT2D eigenvalue weighted by molar-refractivity contribution is 5.45. The lowest BCUT2D eigenvalue weighted by Gasteiger charge is -2.31. The van der Waals surface area contributed by atoms with E-state index in [1.165, 1.54) is 0 Å². The molecule has 5 heterocycles. The first-order valence-electron chi connectivity index (χ1n) is 9.64. The summed E-state index contributed by atoms with van der Waals surface area (Å²) in [7, 11) is 0. The Hall–Kier alpha value is -3.10. The van der Waals surface area contributed by atoms with Gasteiger partial charge in [0, 0.05) is 24.4 Å². The minimum absolute atomic E-state index is 0.00835. The van der Waals surface area contributed by atoms with Gasteiger partial charge in [0.15, 0.2) is 17.1 Å². The molecule has 1 saturated heterocycles. The van der Waals surface area contributed by atoms with Crippen LogP contribution >= 0.6 is 0 Å². The molecular formula is C19H23N9. The van der Waals surface area contributed by atoms with Crippen LogP contribution in [-0.4, -0.2) is 52.7 Å². The number of fused-ring (bicyclic) bond motifs is 2. The van der Waals surface area contributed by atoms with Crippen molar-refractivity contribution in [1.82, 2.24) is 39.6 Å². The molecule has 0 N–H and O–H groups in total. The lowest BCUT2D eigenvalue weighted by atomic mass is 9.92. The SMILES string of the molecule is CC(C)(C)c1ccc2nnc(C3CCN(c4ccc5nncn5n4)CC3)n2n1. The summed E-state index contributed by atoms with van der Waals surface area (Å²) in [5, 5.41) is 26.1. The maximum atomic E-state index is 4.84. The first-order chi connectivity index (χ1) is 13.5. The van der Waals surface area contributed by atoms with Crippen LogP contribution in [-0.2, 0) is 5.41 Å². The molecule has 0 aromatic carbocycles. The average molecular weight is 377 g/mol. The van der Waals surface area contributed by atoms with E-state index >= 15 is 0 Å². The van der Waals surface area contributed by atoms with Gasteiger partial charge in [0.05, 0.1) is 5.69 Å². The number of hydrogen-bond acceptors (Lipinski definition) is 7. The van der Waals surface area contributed by atoms with Crippen molar-refractivity contribution in [3.05, 3.63) is 42.1 Å².